The Morgan fingerprint density at radius 1 is 1.46 bits per heavy atom. The van der Waals surface area contributed by atoms with E-state index in [0.717, 1.165) is 30.8 Å². The summed E-state index contributed by atoms with van der Waals surface area (Å²) in [6.45, 7) is 1.73. The van der Waals surface area contributed by atoms with Gasteiger partial charge < -0.3 is 0 Å². The Balaban J connectivity index is 2.04. The number of hydrogen-bond acceptors (Lipinski definition) is 2. The van der Waals surface area contributed by atoms with Crippen LogP contribution < -0.4 is 5.32 Å². The molecule has 1 radical (unpaired) electrons. The van der Waals surface area contributed by atoms with Crippen LogP contribution in [0.1, 0.15) is 22.5 Å². The van der Waals surface area contributed by atoms with Crippen LogP contribution in [-0.4, -0.2) is 18.9 Å². The van der Waals surface area contributed by atoms with Crippen LogP contribution in [0.3, 0.4) is 0 Å². The first-order chi connectivity index (χ1) is 6.38. The van der Waals surface area contributed by atoms with Crippen molar-refractivity contribution in [2.45, 2.75) is 12.8 Å². The molecule has 69 valence electrons. The van der Waals surface area contributed by atoms with Gasteiger partial charge in [0.1, 0.15) is 0 Å². The van der Waals surface area contributed by atoms with E-state index in [9.17, 15) is 4.79 Å². The lowest BCUT2D eigenvalue weighted by molar-refractivity contribution is 0.0898. The number of nitrogens with zero attached hydrogens (tertiary/aromatic N) is 1. The molecule has 0 saturated carbocycles. The van der Waals surface area contributed by atoms with E-state index in [2.05, 4.69) is 5.32 Å². The van der Waals surface area contributed by atoms with Crippen molar-refractivity contribution >= 4 is 17.1 Å². The summed E-state index contributed by atoms with van der Waals surface area (Å²) < 4.78 is 0. The maximum Gasteiger partial charge on any atom is 0.175 e. The summed E-state index contributed by atoms with van der Waals surface area (Å²) in [5.74, 6) is 0.557. The van der Waals surface area contributed by atoms with Gasteiger partial charge in [-0.05, 0) is 24.3 Å². The summed E-state index contributed by atoms with van der Waals surface area (Å²) >= 11 is 1.54. The van der Waals surface area contributed by atoms with Gasteiger partial charge >= 0.3 is 0 Å². The standard InChI is InChI=1S/C10H12NOS/c12-10(9-2-1-7-13-9)8-3-5-11-6-4-8/h1-2,7-8H,3-6H2. The number of thiophene rings is 1. The minimum Gasteiger partial charge on any atom is -0.293 e. The van der Waals surface area contributed by atoms with Crippen LogP contribution in [0.5, 0.6) is 0 Å². The summed E-state index contributed by atoms with van der Waals surface area (Å²) in [4.78, 5) is 12.7. The molecule has 2 nitrogen and oxygen atoms in total. The third-order valence-corrected chi connectivity index (χ3v) is 3.29. The smallest absolute Gasteiger partial charge is 0.175 e. The lowest BCUT2D eigenvalue weighted by Crippen LogP contribution is -2.27. The molecule has 1 fully saturated rings. The molecule has 0 aromatic carbocycles. The van der Waals surface area contributed by atoms with Gasteiger partial charge in [0.2, 0.25) is 0 Å². The summed E-state index contributed by atoms with van der Waals surface area (Å²) in [7, 11) is 0. The van der Waals surface area contributed by atoms with Crippen molar-refractivity contribution in [1.29, 1.82) is 0 Å². The Kier molecular flexibility index (Phi) is 2.76. The molecule has 0 N–H and O–H groups in total. The van der Waals surface area contributed by atoms with Gasteiger partial charge in [0.15, 0.2) is 5.78 Å². The Labute approximate surface area is 82.0 Å². The number of hydrogen-bond donors (Lipinski definition) is 0. The van der Waals surface area contributed by atoms with Crippen molar-refractivity contribution in [3.63, 3.8) is 0 Å². The van der Waals surface area contributed by atoms with Crippen molar-refractivity contribution in [1.82, 2.24) is 5.32 Å². The minimum atomic E-state index is 0.233. The molecular weight excluding hydrogens is 182 g/mol. The highest BCUT2D eigenvalue weighted by Gasteiger charge is 2.22. The molecule has 0 unspecified atom stereocenters. The van der Waals surface area contributed by atoms with E-state index in [4.69, 9.17) is 0 Å². The third-order valence-electron chi connectivity index (χ3n) is 2.41. The van der Waals surface area contributed by atoms with Crippen LogP contribution in [0.2, 0.25) is 0 Å². The van der Waals surface area contributed by atoms with Gasteiger partial charge in [-0.15, -0.1) is 11.3 Å². The summed E-state index contributed by atoms with van der Waals surface area (Å²) in [5.41, 5.74) is 0. The van der Waals surface area contributed by atoms with Crippen molar-refractivity contribution in [2.75, 3.05) is 13.1 Å². The molecule has 1 aliphatic heterocycles. The summed E-state index contributed by atoms with van der Waals surface area (Å²) in [6.07, 6.45) is 1.88. The van der Waals surface area contributed by atoms with Crippen LogP contribution in [-0.2, 0) is 0 Å². The first kappa shape index (κ1) is 8.91. The Morgan fingerprint density at radius 3 is 2.85 bits per heavy atom. The largest absolute Gasteiger partial charge is 0.293 e. The molecule has 1 saturated heterocycles. The number of carbonyl (C=O) groups is 1. The molecule has 3 heteroatoms. The highest BCUT2D eigenvalue weighted by atomic mass is 32.1. The Bertz CT molecular complexity index is 275. The number of Topliss-reactive ketones (excluding diaryl/α,β-unsaturated/α-hetero) is 1. The van der Waals surface area contributed by atoms with Gasteiger partial charge in [0.05, 0.1) is 4.88 Å². The summed E-state index contributed by atoms with van der Waals surface area (Å²) in [6, 6.07) is 3.85. The lowest BCUT2D eigenvalue weighted by Gasteiger charge is -2.19. The highest BCUT2D eigenvalue weighted by Crippen LogP contribution is 2.21. The second-order valence-electron chi connectivity index (χ2n) is 3.29. The Morgan fingerprint density at radius 2 is 2.23 bits per heavy atom. The molecule has 1 aromatic rings. The second kappa shape index (κ2) is 4.03. The zero-order valence-electron chi connectivity index (χ0n) is 7.40. The van der Waals surface area contributed by atoms with E-state index in [0.29, 0.717) is 5.78 Å². The van der Waals surface area contributed by atoms with E-state index >= 15 is 0 Å². The fourth-order valence-electron chi connectivity index (χ4n) is 1.63. The third kappa shape index (κ3) is 1.98. The number of rotatable bonds is 2. The fraction of sp³-hybridized carbons (Fsp3) is 0.500. The number of ketones is 1. The van der Waals surface area contributed by atoms with Crippen molar-refractivity contribution < 1.29 is 4.79 Å². The van der Waals surface area contributed by atoms with Crippen LogP contribution in [0.4, 0.5) is 0 Å². The lowest BCUT2D eigenvalue weighted by atomic mass is 9.93. The van der Waals surface area contributed by atoms with E-state index < -0.39 is 0 Å². The summed E-state index contributed by atoms with van der Waals surface area (Å²) in [5, 5.41) is 6.20. The topological polar surface area (TPSA) is 31.2 Å². The molecule has 0 amide bonds. The molecule has 2 heterocycles. The molecule has 2 rings (SSSR count). The number of piperidine rings is 1. The quantitative estimate of drug-likeness (QED) is 0.662. The minimum absolute atomic E-state index is 0.233. The zero-order chi connectivity index (χ0) is 9.10. The maximum atomic E-state index is 11.8. The zero-order valence-corrected chi connectivity index (χ0v) is 8.22. The normalized spacial score (nSPS) is 18.8. The second-order valence-corrected chi connectivity index (χ2v) is 4.23. The van der Waals surface area contributed by atoms with Crippen LogP contribution in [0.15, 0.2) is 17.5 Å². The first-order valence-corrected chi connectivity index (χ1v) is 5.47. The highest BCUT2D eigenvalue weighted by molar-refractivity contribution is 7.12. The van der Waals surface area contributed by atoms with Gasteiger partial charge in [-0.25, -0.2) is 5.32 Å². The Hall–Kier alpha value is -0.670. The van der Waals surface area contributed by atoms with Crippen molar-refractivity contribution in [3.05, 3.63) is 22.4 Å². The van der Waals surface area contributed by atoms with Gasteiger partial charge in [-0.2, -0.15) is 0 Å². The molecule has 0 atom stereocenters. The predicted octanol–water partition coefficient (Wildman–Crippen LogP) is 1.95. The maximum absolute atomic E-state index is 11.8. The SMILES string of the molecule is O=C(c1cccs1)C1CC[N]CC1. The molecule has 1 aromatic heterocycles. The van der Waals surface area contributed by atoms with Crippen LogP contribution in [0, 0.1) is 5.92 Å². The number of carbonyl (C=O) groups excluding carboxylic acids is 1. The van der Waals surface area contributed by atoms with Crippen molar-refractivity contribution in [2.24, 2.45) is 5.92 Å². The van der Waals surface area contributed by atoms with E-state index in [1.165, 1.54) is 0 Å². The van der Waals surface area contributed by atoms with Crippen LogP contribution in [0.25, 0.3) is 0 Å². The molecule has 13 heavy (non-hydrogen) atoms. The van der Waals surface area contributed by atoms with E-state index in [-0.39, 0.29) is 5.92 Å². The monoisotopic (exact) mass is 194 g/mol. The van der Waals surface area contributed by atoms with E-state index in [1.807, 2.05) is 17.5 Å². The molecule has 1 aliphatic rings. The first-order valence-electron chi connectivity index (χ1n) is 4.59. The van der Waals surface area contributed by atoms with Gasteiger partial charge in [-0.1, -0.05) is 6.07 Å². The van der Waals surface area contributed by atoms with Gasteiger partial charge in [-0.3, -0.25) is 4.79 Å². The average Bonchev–Trinajstić information content (AvgIpc) is 2.71. The van der Waals surface area contributed by atoms with Gasteiger partial charge in [0, 0.05) is 19.0 Å². The molecular formula is C10H12NOS. The molecule has 0 bridgehead atoms. The van der Waals surface area contributed by atoms with Crippen molar-refractivity contribution in [3.8, 4) is 0 Å². The van der Waals surface area contributed by atoms with E-state index in [1.54, 1.807) is 11.3 Å². The fourth-order valence-corrected chi connectivity index (χ4v) is 2.38. The molecule has 0 spiro atoms. The van der Waals surface area contributed by atoms with Gasteiger partial charge in [0.25, 0.3) is 0 Å². The average molecular weight is 194 g/mol. The molecule has 0 aliphatic carbocycles. The predicted molar refractivity (Wildman–Crippen MR) is 53.2 cm³/mol. The van der Waals surface area contributed by atoms with Crippen LogP contribution >= 0.6 is 11.3 Å².